The van der Waals surface area contributed by atoms with Crippen LogP contribution >= 0.6 is 0 Å². The smallest absolute Gasteiger partial charge is 0.242 e. The van der Waals surface area contributed by atoms with Gasteiger partial charge in [-0.15, -0.1) is 0 Å². The van der Waals surface area contributed by atoms with E-state index < -0.39 is 5.54 Å². The molecule has 2 atom stereocenters. The van der Waals surface area contributed by atoms with E-state index in [1.54, 1.807) is 7.05 Å². The van der Waals surface area contributed by atoms with Gasteiger partial charge in [-0.3, -0.25) is 9.59 Å². The van der Waals surface area contributed by atoms with E-state index in [0.29, 0.717) is 19.0 Å². The molecule has 0 aromatic rings. The minimum Gasteiger partial charge on any atom is -0.359 e. The average Bonchev–Trinajstić information content (AvgIpc) is 2.45. The summed E-state index contributed by atoms with van der Waals surface area (Å²) < 4.78 is 0. The maximum atomic E-state index is 12.7. The first kappa shape index (κ1) is 15.3. The summed E-state index contributed by atoms with van der Waals surface area (Å²) in [4.78, 5) is 26.2. The molecule has 0 aromatic carbocycles. The Kier molecular flexibility index (Phi) is 4.68. The van der Waals surface area contributed by atoms with Crippen LogP contribution in [0.25, 0.3) is 0 Å². The van der Waals surface area contributed by atoms with Gasteiger partial charge in [-0.05, 0) is 31.6 Å². The van der Waals surface area contributed by atoms with Crippen LogP contribution in [-0.4, -0.2) is 42.4 Å². The molecule has 0 spiro atoms. The van der Waals surface area contributed by atoms with Gasteiger partial charge in [0.2, 0.25) is 11.8 Å². The fourth-order valence-corrected chi connectivity index (χ4v) is 3.65. The van der Waals surface area contributed by atoms with E-state index in [9.17, 15) is 9.59 Å². The van der Waals surface area contributed by atoms with Gasteiger partial charge in [0, 0.05) is 26.1 Å². The summed E-state index contributed by atoms with van der Waals surface area (Å²) >= 11 is 0. The van der Waals surface area contributed by atoms with Crippen molar-refractivity contribution >= 4 is 11.8 Å². The molecule has 1 saturated heterocycles. The van der Waals surface area contributed by atoms with Crippen LogP contribution in [0.5, 0.6) is 0 Å². The summed E-state index contributed by atoms with van der Waals surface area (Å²) in [7, 11) is 1.66. The highest BCUT2D eigenvalue weighted by atomic mass is 16.2. The predicted molar refractivity (Wildman–Crippen MR) is 77.9 cm³/mol. The highest BCUT2D eigenvalue weighted by molar-refractivity contribution is 5.86. The van der Waals surface area contributed by atoms with E-state index >= 15 is 0 Å². The van der Waals surface area contributed by atoms with Crippen LogP contribution < -0.4 is 11.1 Å². The Morgan fingerprint density at radius 1 is 1.25 bits per heavy atom. The lowest BCUT2D eigenvalue weighted by Crippen LogP contribution is -2.59. The Labute approximate surface area is 121 Å². The predicted octanol–water partition coefficient (Wildman–Crippen LogP) is 0.879. The van der Waals surface area contributed by atoms with Gasteiger partial charge in [0.15, 0.2) is 0 Å². The Balaban J connectivity index is 1.93. The molecule has 2 rings (SSSR count). The van der Waals surface area contributed by atoms with Gasteiger partial charge in [-0.25, -0.2) is 0 Å². The third kappa shape index (κ3) is 3.14. The molecule has 1 heterocycles. The van der Waals surface area contributed by atoms with E-state index in [1.165, 1.54) is 6.42 Å². The van der Waals surface area contributed by atoms with Crippen molar-refractivity contribution in [3.8, 4) is 0 Å². The molecule has 5 heteroatoms. The van der Waals surface area contributed by atoms with Crippen molar-refractivity contribution in [2.24, 2.45) is 17.6 Å². The Hall–Kier alpha value is -1.10. The van der Waals surface area contributed by atoms with E-state index in [2.05, 4.69) is 12.2 Å². The molecule has 1 aliphatic heterocycles. The molecule has 0 aromatic heterocycles. The number of nitrogens with zero attached hydrogens (tertiary/aromatic N) is 1. The zero-order valence-corrected chi connectivity index (χ0v) is 12.7. The van der Waals surface area contributed by atoms with Crippen LogP contribution in [0.3, 0.4) is 0 Å². The monoisotopic (exact) mass is 281 g/mol. The molecule has 0 radical (unpaired) electrons. The normalized spacial score (nSPS) is 31.9. The molecule has 5 nitrogen and oxygen atoms in total. The lowest BCUT2D eigenvalue weighted by molar-refractivity contribution is -0.142. The van der Waals surface area contributed by atoms with E-state index in [0.717, 1.165) is 32.1 Å². The minimum atomic E-state index is -0.669. The number of hydrogen-bond donors (Lipinski definition) is 2. The van der Waals surface area contributed by atoms with Crippen molar-refractivity contribution in [1.82, 2.24) is 10.2 Å². The molecule has 20 heavy (non-hydrogen) atoms. The minimum absolute atomic E-state index is 0.0445. The first-order valence-corrected chi connectivity index (χ1v) is 7.76. The summed E-state index contributed by atoms with van der Waals surface area (Å²) in [6.45, 7) is 3.49. The van der Waals surface area contributed by atoms with Crippen molar-refractivity contribution in [3.05, 3.63) is 0 Å². The summed E-state index contributed by atoms with van der Waals surface area (Å²) in [6.07, 6.45) is 5.30. The first-order valence-electron chi connectivity index (χ1n) is 7.76. The van der Waals surface area contributed by atoms with Crippen molar-refractivity contribution in [2.45, 2.75) is 51.0 Å². The van der Waals surface area contributed by atoms with Gasteiger partial charge < -0.3 is 16.0 Å². The van der Waals surface area contributed by atoms with Gasteiger partial charge in [0.1, 0.15) is 0 Å². The molecule has 2 unspecified atom stereocenters. The number of likely N-dealkylation sites (tertiary alicyclic amines) is 1. The van der Waals surface area contributed by atoms with Crippen LogP contribution in [0.1, 0.15) is 45.4 Å². The van der Waals surface area contributed by atoms with Gasteiger partial charge in [-0.1, -0.05) is 19.8 Å². The Bertz CT molecular complexity index is 377. The summed E-state index contributed by atoms with van der Waals surface area (Å²) in [6, 6.07) is 0. The molecule has 1 aliphatic carbocycles. The highest BCUT2D eigenvalue weighted by Crippen LogP contribution is 2.32. The molecular weight excluding hydrogens is 254 g/mol. The number of nitrogens with one attached hydrogen (secondary N) is 1. The standard InChI is InChI=1S/C15H27N3O2/c1-11-4-3-7-15(16,10-11)14(20)18-8-5-12(6-9-18)13(19)17-2/h11-12H,3-10,16H2,1-2H3,(H,17,19). The van der Waals surface area contributed by atoms with Gasteiger partial charge in [0.25, 0.3) is 0 Å². The van der Waals surface area contributed by atoms with Crippen LogP contribution in [0, 0.1) is 11.8 Å². The Morgan fingerprint density at radius 3 is 2.45 bits per heavy atom. The molecule has 0 bridgehead atoms. The molecule has 3 N–H and O–H groups in total. The van der Waals surface area contributed by atoms with Crippen LogP contribution in [-0.2, 0) is 9.59 Å². The zero-order valence-electron chi connectivity index (χ0n) is 12.7. The van der Waals surface area contributed by atoms with E-state index in [1.807, 2.05) is 4.90 Å². The third-order valence-electron chi connectivity index (χ3n) is 4.86. The molecule has 2 aliphatic rings. The summed E-state index contributed by atoms with van der Waals surface area (Å²) in [5.74, 6) is 0.759. The molecule has 114 valence electrons. The number of piperidine rings is 1. The quantitative estimate of drug-likeness (QED) is 0.789. The first-order chi connectivity index (χ1) is 9.46. The second-order valence-corrected chi connectivity index (χ2v) is 6.54. The number of carbonyl (C=O) groups is 2. The fourth-order valence-electron chi connectivity index (χ4n) is 3.65. The fraction of sp³-hybridized carbons (Fsp3) is 0.867. The molecule has 2 fully saturated rings. The largest absolute Gasteiger partial charge is 0.359 e. The van der Waals surface area contributed by atoms with Crippen molar-refractivity contribution in [2.75, 3.05) is 20.1 Å². The van der Waals surface area contributed by atoms with E-state index in [4.69, 9.17) is 5.73 Å². The van der Waals surface area contributed by atoms with Crippen LogP contribution in [0.4, 0.5) is 0 Å². The maximum Gasteiger partial charge on any atom is 0.242 e. The molecule has 2 amide bonds. The topological polar surface area (TPSA) is 75.4 Å². The SMILES string of the molecule is CNC(=O)C1CCN(C(=O)C2(N)CCCC(C)C2)CC1. The average molecular weight is 281 g/mol. The number of amides is 2. The highest BCUT2D eigenvalue weighted by Gasteiger charge is 2.41. The lowest BCUT2D eigenvalue weighted by atomic mass is 9.76. The molecular formula is C15H27N3O2. The van der Waals surface area contributed by atoms with Crippen LogP contribution in [0.2, 0.25) is 0 Å². The maximum absolute atomic E-state index is 12.7. The van der Waals surface area contributed by atoms with Gasteiger partial charge in [0.05, 0.1) is 5.54 Å². The van der Waals surface area contributed by atoms with Crippen molar-refractivity contribution in [1.29, 1.82) is 0 Å². The number of nitrogens with two attached hydrogens (primary N) is 1. The van der Waals surface area contributed by atoms with Gasteiger partial charge >= 0.3 is 0 Å². The zero-order chi connectivity index (χ0) is 14.8. The van der Waals surface area contributed by atoms with E-state index in [-0.39, 0.29) is 17.7 Å². The second-order valence-electron chi connectivity index (χ2n) is 6.54. The number of rotatable bonds is 2. The van der Waals surface area contributed by atoms with Crippen molar-refractivity contribution in [3.63, 3.8) is 0 Å². The van der Waals surface area contributed by atoms with Crippen molar-refractivity contribution < 1.29 is 9.59 Å². The lowest BCUT2D eigenvalue weighted by Gasteiger charge is -2.41. The Morgan fingerprint density at radius 2 is 1.90 bits per heavy atom. The summed E-state index contributed by atoms with van der Waals surface area (Å²) in [5, 5.41) is 2.69. The second kappa shape index (κ2) is 6.12. The van der Waals surface area contributed by atoms with Crippen LogP contribution in [0.15, 0.2) is 0 Å². The number of hydrogen-bond acceptors (Lipinski definition) is 3. The summed E-state index contributed by atoms with van der Waals surface area (Å²) in [5.41, 5.74) is 5.70. The number of carbonyl (C=O) groups excluding carboxylic acids is 2. The van der Waals surface area contributed by atoms with Gasteiger partial charge in [-0.2, -0.15) is 0 Å². The molecule has 1 saturated carbocycles. The third-order valence-corrected chi connectivity index (χ3v) is 4.86.